The summed E-state index contributed by atoms with van der Waals surface area (Å²) in [6.45, 7) is 1.58. The zero-order chi connectivity index (χ0) is 21.8. The number of carbonyl (C=O) groups excluding carboxylic acids is 2. The summed E-state index contributed by atoms with van der Waals surface area (Å²) in [7, 11) is 0. The van der Waals surface area contributed by atoms with Crippen LogP contribution < -0.4 is 15.4 Å². The molecular weight excluding hydrogens is 416 g/mol. The monoisotopic (exact) mass is 434 g/mol. The molecule has 2 N–H and O–H groups in total. The van der Waals surface area contributed by atoms with Crippen molar-refractivity contribution in [2.45, 2.75) is 13.5 Å². The van der Waals surface area contributed by atoms with Crippen LogP contribution in [0.25, 0.3) is 10.8 Å². The third-order valence-electron chi connectivity index (χ3n) is 4.52. The summed E-state index contributed by atoms with van der Waals surface area (Å²) in [5, 5.41) is 7.89. The van der Waals surface area contributed by atoms with Gasteiger partial charge in [0.1, 0.15) is 18.1 Å². The highest BCUT2D eigenvalue weighted by atomic mass is 35.5. The minimum atomic E-state index is -0.459. The zero-order valence-corrected chi connectivity index (χ0v) is 17.4. The van der Waals surface area contributed by atoms with Crippen molar-refractivity contribution in [1.29, 1.82) is 0 Å². The Morgan fingerprint density at radius 2 is 1.74 bits per heavy atom. The van der Waals surface area contributed by atoms with E-state index in [1.165, 1.54) is 6.92 Å². The predicted octanol–water partition coefficient (Wildman–Crippen LogP) is 5.88. The lowest BCUT2D eigenvalue weighted by atomic mass is 10.1. The van der Waals surface area contributed by atoms with Crippen LogP contribution >= 0.6 is 11.6 Å². The van der Waals surface area contributed by atoms with Crippen molar-refractivity contribution < 1.29 is 18.7 Å². The number of ether oxygens (including phenoxy) is 1. The Kier molecular flexibility index (Phi) is 5.91. The van der Waals surface area contributed by atoms with E-state index < -0.39 is 5.91 Å². The molecule has 1 aromatic heterocycles. The number of carbonyl (C=O) groups is 2. The molecule has 0 aliphatic rings. The number of nitrogens with one attached hydrogen (secondary N) is 2. The minimum Gasteiger partial charge on any atom is -0.486 e. The maximum Gasteiger partial charge on any atom is 0.291 e. The summed E-state index contributed by atoms with van der Waals surface area (Å²) in [6.07, 6.45) is 0. The van der Waals surface area contributed by atoms with E-state index in [2.05, 4.69) is 10.6 Å². The first kappa shape index (κ1) is 20.5. The average molecular weight is 435 g/mol. The van der Waals surface area contributed by atoms with Gasteiger partial charge in [-0.05, 0) is 53.2 Å². The third-order valence-corrected chi connectivity index (χ3v) is 4.85. The van der Waals surface area contributed by atoms with Crippen molar-refractivity contribution in [3.8, 4) is 5.75 Å². The molecule has 0 aliphatic heterocycles. The molecule has 0 spiro atoms. The number of halogens is 1. The average Bonchev–Trinajstić information content (AvgIpc) is 3.23. The second-order valence-corrected chi connectivity index (χ2v) is 7.30. The molecule has 31 heavy (non-hydrogen) atoms. The molecule has 0 atom stereocenters. The van der Waals surface area contributed by atoms with Gasteiger partial charge in [0.05, 0.1) is 10.7 Å². The Hall–Kier alpha value is -3.77. The van der Waals surface area contributed by atoms with Gasteiger partial charge in [-0.3, -0.25) is 9.59 Å². The fraction of sp³-hybridized carbons (Fsp3) is 0.0833. The number of benzene rings is 3. The molecule has 2 amide bonds. The van der Waals surface area contributed by atoms with Gasteiger partial charge >= 0.3 is 0 Å². The van der Waals surface area contributed by atoms with Gasteiger partial charge < -0.3 is 19.8 Å². The van der Waals surface area contributed by atoms with Crippen LogP contribution in [0.2, 0.25) is 5.02 Å². The normalized spacial score (nSPS) is 10.6. The summed E-state index contributed by atoms with van der Waals surface area (Å²) < 4.78 is 11.4. The molecule has 4 aromatic rings. The quantitative estimate of drug-likeness (QED) is 0.397. The van der Waals surface area contributed by atoms with Crippen LogP contribution in [-0.2, 0) is 11.4 Å². The largest absolute Gasteiger partial charge is 0.486 e. The molecule has 1 heterocycles. The lowest BCUT2D eigenvalue weighted by molar-refractivity contribution is -0.114. The Labute approximate surface area is 183 Å². The molecule has 0 fully saturated rings. The first-order chi connectivity index (χ1) is 15.0. The third kappa shape index (κ3) is 5.05. The second-order valence-electron chi connectivity index (χ2n) is 6.89. The molecule has 0 saturated carbocycles. The molecule has 0 saturated heterocycles. The highest BCUT2D eigenvalue weighted by Crippen LogP contribution is 2.27. The fourth-order valence-electron chi connectivity index (χ4n) is 3.08. The molecule has 3 aromatic carbocycles. The number of furan rings is 1. The van der Waals surface area contributed by atoms with Crippen molar-refractivity contribution in [2.24, 2.45) is 0 Å². The molecule has 0 unspecified atom stereocenters. The number of hydrogen-bond acceptors (Lipinski definition) is 4. The van der Waals surface area contributed by atoms with Crippen LogP contribution in [0, 0.1) is 0 Å². The van der Waals surface area contributed by atoms with Gasteiger partial charge in [-0.1, -0.05) is 41.9 Å². The first-order valence-electron chi connectivity index (χ1n) is 9.57. The molecule has 156 valence electrons. The van der Waals surface area contributed by atoms with E-state index in [0.717, 1.165) is 10.8 Å². The molecule has 7 heteroatoms. The minimum absolute atomic E-state index is 0.123. The summed E-state index contributed by atoms with van der Waals surface area (Å²) in [4.78, 5) is 23.8. The van der Waals surface area contributed by atoms with Gasteiger partial charge in [0.15, 0.2) is 5.76 Å². The molecular formula is C24H19ClN2O4. The number of hydrogen-bond donors (Lipinski definition) is 2. The topological polar surface area (TPSA) is 80.6 Å². The Balaban J connectivity index is 1.41. The predicted molar refractivity (Wildman–Crippen MR) is 121 cm³/mol. The van der Waals surface area contributed by atoms with Gasteiger partial charge in [-0.25, -0.2) is 0 Å². The van der Waals surface area contributed by atoms with Crippen LogP contribution in [-0.4, -0.2) is 11.8 Å². The van der Waals surface area contributed by atoms with Crippen LogP contribution in [0.4, 0.5) is 11.4 Å². The SMILES string of the molecule is CC(=O)Nc1ccc(Cl)c(NC(=O)c2ccc(COc3ccc4ccccc4c3)o2)c1. The standard InChI is InChI=1S/C24H19ClN2O4/c1-15(28)26-18-7-10-21(25)22(13-18)27-24(29)23-11-9-20(31-23)14-30-19-8-6-16-4-2-3-5-17(16)12-19/h2-13H,14H2,1H3,(H,26,28)(H,27,29). The van der Waals surface area contributed by atoms with Crippen molar-refractivity contribution >= 4 is 45.6 Å². The molecule has 4 rings (SSSR count). The van der Waals surface area contributed by atoms with Crippen molar-refractivity contribution in [1.82, 2.24) is 0 Å². The van der Waals surface area contributed by atoms with E-state index in [4.69, 9.17) is 20.8 Å². The highest BCUT2D eigenvalue weighted by Gasteiger charge is 2.14. The van der Waals surface area contributed by atoms with E-state index in [1.54, 1.807) is 30.3 Å². The maximum atomic E-state index is 12.5. The summed E-state index contributed by atoms with van der Waals surface area (Å²) in [6, 6.07) is 21.9. The molecule has 6 nitrogen and oxygen atoms in total. The first-order valence-corrected chi connectivity index (χ1v) is 9.94. The van der Waals surface area contributed by atoms with Crippen molar-refractivity contribution in [3.05, 3.63) is 89.3 Å². The van der Waals surface area contributed by atoms with E-state index in [0.29, 0.717) is 27.9 Å². The van der Waals surface area contributed by atoms with Crippen molar-refractivity contribution in [3.63, 3.8) is 0 Å². The van der Waals surface area contributed by atoms with Gasteiger partial charge in [0.2, 0.25) is 5.91 Å². The lowest BCUT2D eigenvalue weighted by Crippen LogP contribution is -2.12. The van der Waals surface area contributed by atoms with Gasteiger partial charge in [-0.2, -0.15) is 0 Å². The van der Waals surface area contributed by atoms with Gasteiger partial charge in [0, 0.05) is 12.6 Å². The second kappa shape index (κ2) is 8.93. The molecule has 0 radical (unpaired) electrons. The summed E-state index contributed by atoms with van der Waals surface area (Å²) in [5.41, 5.74) is 0.888. The number of fused-ring (bicyclic) bond motifs is 1. The molecule has 0 aliphatic carbocycles. The van der Waals surface area contributed by atoms with E-state index in [-0.39, 0.29) is 18.3 Å². The number of amides is 2. The summed E-state index contributed by atoms with van der Waals surface area (Å²) in [5.74, 6) is 0.665. The van der Waals surface area contributed by atoms with Crippen LogP contribution in [0.3, 0.4) is 0 Å². The summed E-state index contributed by atoms with van der Waals surface area (Å²) >= 11 is 6.15. The van der Waals surface area contributed by atoms with Crippen molar-refractivity contribution in [2.75, 3.05) is 10.6 Å². The van der Waals surface area contributed by atoms with Gasteiger partial charge in [0.25, 0.3) is 5.91 Å². The Bertz CT molecular complexity index is 1270. The fourth-order valence-corrected chi connectivity index (χ4v) is 3.24. The van der Waals surface area contributed by atoms with E-state index in [1.807, 2.05) is 42.5 Å². The van der Waals surface area contributed by atoms with E-state index in [9.17, 15) is 9.59 Å². The van der Waals surface area contributed by atoms with Crippen LogP contribution in [0.5, 0.6) is 5.75 Å². The Morgan fingerprint density at radius 1 is 0.935 bits per heavy atom. The van der Waals surface area contributed by atoms with Gasteiger partial charge in [-0.15, -0.1) is 0 Å². The van der Waals surface area contributed by atoms with Crippen LogP contribution in [0.15, 0.2) is 77.2 Å². The number of rotatable bonds is 6. The smallest absolute Gasteiger partial charge is 0.291 e. The van der Waals surface area contributed by atoms with E-state index >= 15 is 0 Å². The number of anilines is 2. The zero-order valence-electron chi connectivity index (χ0n) is 16.6. The maximum absolute atomic E-state index is 12.5. The Morgan fingerprint density at radius 3 is 2.55 bits per heavy atom. The lowest BCUT2D eigenvalue weighted by Gasteiger charge is -2.09. The van der Waals surface area contributed by atoms with Crippen LogP contribution in [0.1, 0.15) is 23.2 Å². The molecule has 0 bridgehead atoms. The highest BCUT2D eigenvalue weighted by molar-refractivity contribution is 6.34.